The molecule has 0 aromatic carbocycles. The van der Waals surface area contributed by atoms with Crippen LogP contribution in [0.2, 0.25) is 0 Å². The summed E-state index contributed by atoms with van der Waals surface area (Å²) in [5, 5.41) is 1.47. The van der Waals surface area contributed by atoms with Crippen molar-refractivity contribution in [3.8, 4) is 0 Å². The molecule has 2 rings (SSSR count). The third-order valence-corrected chi connectivity index (χ3v) is 5.50. The van der Waals surface area contributed by atoms with Crippen LogP contribution < -0.4 is 0 Å². The van der Waals surface area contributed by atoms with Crippen molar-refractivity contribution in [2.24, 2.45) is 10.9 Å². The fourth-order valence-corrected chi connectivity index (χ4v) is 4.03. The molecule has 1 atom stereocenters. The topological polar surface area (TPSA) is 12.4 Å². The summed E-state index contributed by atoms with van der Waals surface area (Å²) in [6.45, 7) is 4.65. The molecule has 0 bridgehead atoms. The normalized spacial score (nSPS) is 24.2. The van der Waals surface area contributed by atoms with Crippen LogP contribution >= 0.6 is 11.8 Å². The van der Waals surface area contributed by atoms with Crippen molar-refractivity contribution >= 4 is 16.8 Å². The first-order valence-electron chi connectivity index (χ1n) is 6.98. The second-order valence-electron chi connectivity index (χ2n) is 5.57. The summed E-state index contributed by atoms with van der Waals surface area (Å²) >= 11 is 2.05. The fourth-order valence-electron chi connectivity index (χ4n) is 2.60. The second-order valence-corrected chi connectivity index (χ2v) is 6.56. The maximum Gasteiger partial charge on any atom is 0.0712 e. The van der Waals surface area contributed by atoms with Crippen molar-refractivity contribution < 1.29 is 0 Å². The van der Waals surface area contributed by atoms with E-state index in [1.165, 1.54) is 62.2 Å². The summed E-state index contributed by atoms with van der Waals surface area (Å²) in [5.41, 5.74) is 0.414. The SMILES string of the molecule is CCCCCCC(C)C1=NC2(CCC2)CS1. The van der Waals surface area contributed by atoms with E-state index >= 15 is 0 Å². The molecule has 2 aliphatic rings. The summed E-state index contributed by atoms with van der Waals surface area (Å²) < 4.78 is 0. The predicted octanol–water partition coefficient (Wildman–Crippen LogP) is 4.66. The first-order chi connectivity index (χ1) is 7.76. The van der Waals surface area contributed by atoms with Gasteiger partial charge in [0.05, 0.1) is 10.6 Å². The van der Waals surface area contributed by atoms with Gasteiger partial charge in [-0.05, 0) is 25.7 Å². The Morgan fingerprint density at radius 3 is 2.69 bits per heavy atom. The van der Waals surface area contributed by atoms with Gasteiger partial charge in [-0.1, -0.05) is 39.5 Å². The summed E-state index contributed by atoms with van der Waals surface area (Å²) in [6, 6.07) is 0. The molecule has 1 nitrogen and oxygen atoms in total. The van der Waals surface area contributed by atoms with E-state index in [1.807, 2.05) is 11.8 Å². The molecule has 1 aliphatic heterocycles. The second kappa shape index (κ2) is 5.57. The molecule has 1 unspecified atom stereocenters. The molecule has 92 valence electrons. The number of rotatable bonds is 6. The zero-order valence-corrected chi connectivity index (χ0v) is 11.6. The molecule has 0 N–H and O–H groups in total. The Hall–Kier alpha value is 0.0200. The zero-order chi connectivity index (χ0) is 11.4. The van der Waals surface area contributed by atoms with Gasteiger partial charge in [-0.2, -0.15) is 0 Å². The van der Waals surface area contributed by atoms with Crippen LogP contribution in [0.15, 0.2) is 4.99 Å². The third-order valence-electron chi connectivity index (χ3n) is 4.03. The summed E-state index contributed by atoms with van der Waals surface area (Å²) in [5.74, 6) is 2.00. The van der Waals surface area contributed by atoms with Crippen molar-refractivity contribution in [3.63, 3.8) is 0 Å². The Labute approximate surface area is 104 Å². The number of unbranched alkanes of at least 4 members (excludes halogenated alkanes) is 3. The molecule has 0 aromatic rings. The van der Waals surface area contributed by atoms with Gasteiger partial charge in [-0.25, -0.2) is 0 Å². The van der Waals surface area contributed by atoms with Gasteiger partial charge in [-0.3, -0.25) is 4.99 Å². The molecule has 2 heteroatoms. The number of hydrogen-bond donors (Lipinski definition) is 0. The van der Waals surface area contributed by atoms with E-state index in [-0.39, 0.29) is 0 Å². The van der Waals surface area contributed by atoms with Gasteiger partial charge >= 0.3 is 0 Å². The van der Waals surface area contributed by atoms with E-state index < -0.39 is 0 Å². The van der Waals surface area contributed by atoms with Crippen molar-refractivity contribution in [2.75, 3.05) is 5.75 Å². The van der Waals surface area contributed by atoms with Crippen LogP contribution in [0.1, 0.15) is 65.2 Å². The van der Waals surface area contributed by atoms with Crippen LogP contribution in [0.5, 0.6) is 0 Å². The largest absolute Gasteiger partial charge is 0.275 e. The van der Waals surface area contributed by atoms with Gasteiger partial charge in [0.2, 0.25) is 0 Å². The standard InChI is InChI=1S/C14H25NS/c1-3-4-5-6-8-12(2)13-15-14(11-16-13)9-7-10-14/h12H,3-11H2,1-2H3. The Morgan fingerprint density at radius 2 is 2.12 bits per heavy atom. The highest BCUT2D eigenvalue weighted by Crippen LogP contribution is 2.45. The number of aliphatic imine (C=N–C) groups is 1. The van der Waals surface area contributed by atoms with E-state index in [4.69, 9.17) is 4.99 Å². The zero-order valence-electron chi connectivity index (χ0n) is 10.8. The van der Waals surface area contributed by atoms with Crippen molar-refractivity contribution in [3.05, 3.63) is 0 Å². The van der Waals surface area contributed by atoms with E-state index in [0.717, 1.165) is 5.92 Å². The van der Waals surface area contributed by atoms with Crippen LogP contribution in [0.4, 0.5) is 0 Å². The lowest BCUT2D eigenvalue weighted by molar-refractivity contribution is 0.289. The molecule has 0 saturated heterocycles. The van der Waals surface area contributed by atoms with Crippen molar-refractivity contribution in [1.82, 2.24) is 0 Å². The Bertz CT molecular complexity index is 255. The lowest BCUT2D eigenvalue weighted by Gasteiger charge is -2.34. The average Bonchev–Trinajstić information content (AvgIpc) is 2.69. The molecular formula is C14H25NS. The average molecular weight is 239 g/mol. The molecule has 0 radical (unpaired) electrons. The highest BCUT2D eigenvalue weighted by Gasteiger charge is 2.41. The molecule has 0 aromatic heterocycles. The Balaban J connectivity index is 1.73. The maximum atomic E-state index is 5.00. The van der Waals surface area contributed by atoms with Gasteiger partial charge in [0.1, 0.15) is 0 Å². The van der Waals surface area contributed by atoms with Gasteiger partial charge < -0.3 is 0 Å². The minimum Gasteiger partial charge on any atom is -0.275 e. The number of hydrogen-bond acceptors (Lipinski definition) is 2. The van der Waals surface area contributed by atoms with Crippen LogP contribution in [0.3, 0.4) is 0 Å². The highest BCUT2D eigenvalue weighted by molar-refractivity contribution is 8.14. The van der Waals surface area contributed by atoms with Crippen molar-refractivity contribution in [1.29, 1.82) is 0 Å². The van der Waals surface area contributed by atoms with Gasteiger partial charge in [0, 0.05) is 11.7 Å². The summed E-state index contributed by atoms with van der Waals surface area (Å²) in [6.07, 6.45) is 11.0. The van der Waals surface area contributed by atoms with Crippen LogP contribution in [0.25, 0.3) is 0 Å². The minimum absolute atomic E-state index is 0.414. The molecule has 1 fully saturated rings. The summed E-state index contributed by atoms with van der Waals surface area (Å²) in [4.78, 5) is 5.00. The highest BCUT2D eigenvalue weighted by atomic mass is 32.2. The van der Waals surface area contributed by atoms with Crippen LogP contribution in [-0.2, 0) is 0 Å². The quantitative estimate of drug-likeness (QED) is 0.614. The smallest absolute Gasteiger partial charge is 0.0712 e. The van der Waals surface area contributed by atoms with Crippen LogP contribution in [0, 0.1) is 5.92 Å². The molecule has 0 amide bonds. The molecular weight excluding hydrogens is 214 g/mol. The molecule has 1 heterocycles. The molecule has 1 spiro atoms. The Morgan fingerprint density at radius 1 is 1.31 bits per heavy atom. The fraction of sp³-hybridized carbons (Fsp3) is 0.929. The molecule has 1 saturated carbocycles. The number of nitrogens with zero attached hydrogens (tertiary/aromatic N) is 1. The van der Waals surface area contributed by atoms with E-state index in [9.17, 15) is 0 Å². The van der Waals surface area contributed by atoms with Crippen molar-refractivity contribution in [2.45, 2.75) is 70.8 Å². The summed E-state index contributed by atoms with van der Waals surface area (Å²) in [7, 11) is 0. The van der Waals surface area contributed by atoms with Crippen LogP contribution in [-0.4, -0.2) is 16.3 Å². The first kappa shape index (κ1) is 12.5. The monoisotopic (exact) mass is 239 g/mol. The molecule has 16 heavy (non-hydrogen) atoms. The van der Waals surface area contributed by atoms with E-state index in [2.05, 4.69) is 13.8 Å². The predicted molar refractivity (Wildman–Crippen MR) is 74.4 cm³/mol. The lowest BCUT2D eigenvalue weighted by Crippen LogP contribution is -2.35. The molecule has 1 aliphatic carbocycles. The van der Waals surface area contributed by atoms with Gasteiger partial charge in [0.15, 0.2) is 0 Å². The van der Waals surface area contributed by atoms with E-state index in [0.29, 0.717) is 5.54 Å². The third kappa shape index (κ3) is 2.82. The maximum absolute atomic E-state index is 5.00. The lowest BCUT2D eigenvalue weighted by atomic mass is 9.79. The van der Waals surface area contributed by atoms with Gasteiger partial charge in [0.25, 0.3) is 0 Å². The number of thioether (sulfide) groups is 1. The van der Waals surface area contributed by atoms with Gasteiger partial charge in [-0.15, -0.1) is 11.8 Å². The minimum atomic E-state index is 0.414. The Kier molecular flexibility index (Phi) is 4.34. The van der Waals surface area contributed by atoms with E-state index in [1.54, 1.807) is 0 Å². The first-order valence-corrected chi connectivity index (χ1v) is 7.97.